The van der Waals surface area contributed by atoms with Crippen LogP contribution in [0.5, 0.6) is 0 Å². The summed E-state index contributed by atoms with van der Waals surface area (Å²) in [6.45, 7) is 2.96. The summed E-state index contributed by atoms with van der Waals surface area (Å²) in [4.78, 5) is 2.05. The predicted molar refractivity (Wildman–Crippen MR) is 88.1 cm³/mol. The molecular weight excluding hydrogens is 298 g/mol. The van der Waals surface area contributed by atoms with E-state index < -0.39 is 10.1 Å². The Morgan fingerprint density at radius 2 is 1.55 bits per heavy atom. The van der Waals surface area contributed by atoms with Crippen LogP contribution in [0.25, 0.3) is 0 Å². The van der Waals surface area contributed by atoms with Crippen molar-refractivity contribution in [3.63, 3.8) is 0 Å². The molecule has 0 fully saturated rings. The molecule has 0 saturated heterocycles. The highest BCUT2D eigenvalue weighted by molar-refractivity contribution is 7.85. The molecule has 2 aromatic rings. The molecule has 2 rings (SSSR count). The van der Waals surface area contributed by atoms with Crippen LogP contribution in [0.1, 0.15) is 24.1 Å². The second-order valence-corrected chi connectivity index (χ2v) is 6.90. The van der Waals surface area contributed by atoms with Gasteiger partial charge in [0, 0.05) is 19.1 Å². The number of hydrogen-bond donors (Lipinski definition) is 1. The molecule has 0 saturated carbocycles. The lowest BCUT2D eigenvalue weighted by atomic mass is 10.1. The third-order valence-electron chi connectivity index (χ3n) is 3.69. The summed E-state index contributed by atoms with van der Waals surface area (Å²) in [7, 11) is -3.97. The molecule has 0 heterocycles. The predicted octanol–water partition coefficient (Wildman–Crippen LogP) is 3.14. The SMILES string of the molecule is CC(c1ccccc1)N(CCS(=O)(=O)O)Cc1ccccc1. The first-order chi connectivity index (χ1) is 10.5. The van der Waals surface area contributed by atoms with Crippen molar-refractivity contribution < 1.29 is 13.0 Å². The zero-order valence-corrected chi connectivity index (χ0v) is 13.4. The second-order valence-electron chi connectivity index (χ2n) is 5.33. The molecule has 0 aliphatic heterocycles. The van der Waals surface area contributed by atoms with Crippen LogP contribution in [-0.2, 0) is 16.7 Å². The maximum Gasteiger partial charge on any atom is 0.266 e. The van der Waals surface area contributed by atoms with Crippen LogP contribution in [0.2, 0.25) is 0 Å². The molecule has 1 unspecified atom stereocenters. The fraction of sp³-hybridized carbons (Fsp3) is 0.294. The number of nitrogens with zero attached hydrogens (tertiary/aromatic N) is 1. The molecule has 118 valence electrons. The lowest BCUT2D eigenvalue weighted by Gasteiger charge is -2.29. The highest BCUT2D eigenvalue weighted by atomic mass is 32.2. The minimum atomic E-state index is -3.97. The van der Waals surface area contributed by atoms with E-state index in [0.29, 0.717) is 6.54 Å². The average molecular weight is 319 g/mol. The minimum absolute atomic E-state index is 0.0585. The quantitative estimate of drug-likeness (QED) is 0.797. The van der Waals surface area contributed by atoms with E-state index in [0.717, 1.165) is 11.1 Å². The molecule has 1 atom stereocenters. The third kappa shape index (κ3) is 5.26. The average Bonchev–Trinajstić information content (AvgIpc) is 2.52. The van der Waals surface area contributed by atoms with E-state index in [4.69, 9.17) is 4.55 Å². The molecule has 0 aliphatic carbocycles. The van der Waals surface area contributed by atoms with E-state index in [1.807, 2.05) is 67.6 Å². The number of benzene rings is 2. The summed E-state index contributed by atoms with van der Waals surface area (Å²) in [5, 5.41) is 0. The fourth-order valence-electron chi connectivity index (χ4n) is 2.40. The molecule has 22 heavy (non-hydrogen) atoms. The number of hydrogen-bond acceptors (Lipinski definition) is 3. The van der Waals surface area contributed by atoms with Crippen molar-refractivity contribution in [2.75, 3.05) is 12.3 Å². The summed E-state index contributed by atoms with van der Waals surface area (Å²) in [5.74, 6) is -0.267. The molecule has 0 aromatic heterocycles. The minimum Gasteiger partial charge on any atom is -0.291 e. The van der Waals surface area contributed by atoms with Crippen LogP contribution in [-0.4, -0.2) is 30.2 Å². The van der Waals surface area contributed by atoms with E-state index >= 15 is 0 Å². The van der Waals surface area contributed by atoms with Crippen molar-refractivity contribution in [1.82, 2.24) is 4.90 Å². The van der Waals surface area contributed by atoms with Crippen LogP contribution < -0.4 is 0 Å². The van der Waals surface area contributed by atoms with E-state index in [1.165, 1.54) is 0 Å². The van der Waals surface area contributed by atoms with Crippen molar-refractivity contribution >= 4 is 10.1 Å². The highest BCUT2D eigenvalue weighted by Crippen LogP contribution is 2.22. The first kappa shape index (κ1) is 16.7. The van der Waals surface area contributed by atoms with Gasteiger partial charge in [-0.05, 0) is 18.1 Å². The first-order valence-electron chi connectivity index (χ1n) is 7.24. The van der Waals surface area contributed by atoms with Gasteiger partial charge in [-0.1, -0.05) is 60.7 Å². The Morgan fingerprint density at radius 3 is 2.09 bits per heavy atom. The first-order valence-corrected chi connectivity index (χ1v) is 8.85. The van der Waals surface area contributed by atoms with Crippen LogP contribution in [0.15, 0.2) is 60.7 Å². The molecule has 4 nitrogen and oxygen atoms in total. The van der Waals surface area contributed by atoms with E-state index in [2.05, 4.69) is 4.90 Å². The maximum atomic E-state index is 11.1. The van der Waals surface area contributed by atoms with Crippen molar-refractivity contribution in [2.24, 2.45) is 0 Å². The van der Waals surface area contributed by atoms with Crippen molar-refractivity contribution in [3.05, 3.63) is 71.8 Å². The van der Waals surface area contributed by atoms with Crippen molar-refractivity contribution in [1.29, 1.82) is 0 Å². The third-order valence-corrected chi connectivity index (χ3v) is 4.39. The van der Waals surface area contributed by atoms with Gasteiger partial charge in [0.15, 0.2) is 0 Å². The van der Waals surface area contributed by atoms with E-state index in [-0.39, 0.29) is 18.3 Å². The Labute approximate surface area is 132 Å². The largest absolute Gasteiger partial charge is 0.291 e. The van der Waals surface area contributed by atoms with Gasteiger partial charge in [0.2, 0.25) is 0 Å². The topological polar surface area (TPSA) is 57.6 Å². The van der Waals surface area contributed by atoms with Gasteiger partial charge in [-0.3, -0.25) is 9.45 Å². The zero-order chi connectivity index (χ0) is 16.0. The maximum absolute atomic E-state index is 11.1. The smallest absolute Gasteiger partial charge is 0.266 e. The van der Waals surface area contributed by atoms with Gasteiger partial charge >= 0.3 is 0 Å². The monoisotopic (exact) mass is 319 g/mol. The van der Waals surface area contributed by atoms with Gasteiger partial charge in [-0.15, -0.1) is 0 Å². The molecule has 5 heteroatoms. The molecule has 0 amide bonds. The molecule has 0 aliphatic rings. The molecule has 1 N–H and O–H groups in total. The van der Waals surface area contributed by atoms with E-state index in [1.54, 1.807) is 0 Å². The molecule has 2 aromatic carbocycles. The molecule has 0 bridgehead atoms. The summed E-state index contributed by atoms with van der Waals surface area (Å²) < 4.78 is 31.2. The van der Waals surface area contributed by atoms with Gasteiger partial charge < -0.3 is 0 Å². The Bertz CT molecular complexity index is 672. The fourth-order valence-corrected chi connectivity index (χ4v) is 2.87. The Hall–Kier alpha value is -1.69. The lowest BCUT2D eigenvalue weighted by Crippen LogP contribution is -2.31. The van der Waals surface area contributed by atoms with Gasteiger partial charge in [-0.25, -0.2) is 0 Å². The molecular formula is C17H21NO3S. The van der Waals surface area contributed by atoms with E-state index in [9.17, 15) is 8.42 Å². The standard InChI is InChI=1S/C17H21NO3S/c1-15(17-10-6-3-7-11-17)18(12-13-22(19,20)21)14-16-8-4-2-5-9-16/h2-11,15H,12-14H2,1H3,(H,19,20,21). The van der Waals surface area contributed by atoms with Crippen LogP contribution in [0.3, 0.4) is 0 Å². The molecule has 0 spiro atoms. The van der Waals surface area contributed by atoms with Crippen molar-refractivity contribution in [3.8, 4) is 0 Å². The second kappa shape index (κ2) is 7.54. The van der Waals surface area contributed by atoms with Gasteiger partial charge in [0.05, 0.1) is 5.75 Å². The summed E-state index contributed by atoms with van der Waals surface area (Å²) in [6.07, 6.45) is 0. The van der Waals surface area contributed by atoms with Gasteiger partial charge in [0.1, 0.15) is 0 Å². The number of rotatable bonds is 7. The van der Waals surface area contributed by atoms with Crippen LogP contribution >= 0.6 is 0 Å². The molecule has 0 radical (unpaired) electrons. The Morgan fingerprint density at radius 1 is 1.00 bits per heavy atom. The Kier molecular flexibility index (Phi) is 5.71. The summed E-state index contributed by atoms with van der Waals surface area (Å²) >= 11 is 0. The zero-order valence-electron chi connectivity index (χ0n) is 12.6. The van der Waals surface area contributed by atoms with Crippen LogP contribution in [0.4, 0.5) is 0 Å². The Balaban J connectivity index is 2.17. The van der Waals surface area contributed by atoms with Crippen molar-refractivity contribution in [2.45, 2.75) is 19.5 Å². The lowest BCUT2D eigenvalue weighted by molar-refractivity contribution is 0.212. The summed E-state index contributed by atoms with van der Waals surface area (Å²) in [6, 6.07) is 19.9. The van der Waals surface area contributed by atoms with Crippen LogP contribution in [0, 0.1) is 0 Å². The highest BCUT2D eigenvalue weighted by Gasteiger charge is 2.18. The normalized spacial score (nSPS) is 13.2. The summed E-state index contributed by atoms with van der Waals surface area (Å²) in [5.41, 5.74) is 2.23. The van der Waals surface area contributed by atoms with Gasteiger partial charge in [0.25, 0.3) is 10.1 Å². The van der Waals surface area contributed by atoms with Gasteiger partial charge in [-0.2, -0.15) is 8.42 Å².